The number of nitrogens with zero attached hydrogens (tertiary/aromatic N) is 1. The van der Waals surface area contributed by atoms with Crippen molar-refractivity contribution < 1.29 is 18.7 Å². The maximum Gasteiger partial charge on any atom is 0.410 e. The number of carbonyl (C=O) groups excluding carboxylic acids is 1. The van der Waals surface area contributed by atoms with Crippen LogP contribution in [0, 0.1) is 5.92 Å². The zero-order valence-corrected chi connectivity index (χ0v) is 18.1. The van der Waals surface area contributed by atoms with Crippen LogP contribution in [0.4, 0.5) is 4.79 Å². The number of rotatable bonds is 6. The van der Waals surface area contributed by atoms with E-state index in [0.717, 1.165) is 49.1 Å². The summed E-state index contributed by atoms with van der Waals surface area (Å²) >= 11 is 1.73. The number of hydrogen-bond acceptors (Lipinski definition) is 5. The number of benzene rings is 1. The van der Waals surface area contributed by atoms with Gasteiger partial charge in [0.15, 0.2) is 0 Å². The van der Waals surface area contributed by atoms with Crippen LogP contribution in [0.25, 0.3) is 11.0 Å². The Morgan fingerprint density at radius 1 is 1.25 bits per heavy atom. The van der Waals surface area contributed by atoms with Gasteiger partial charge in [-0.1, -0.05) is 0 Å². The van der Waals surface area contributed by atoms with E-state index in [1.165, 1.54) is 4.90 Å². The van der Waals surface area contributed by atoms with Crippen molar-refractivity contribution >= 4 is 28.8 Å². The van der Waals surface area contributed by atoms with Crippen LogP contribution in [-0.4, -0.2) is 42.5 Å². The van der Waals surface area contributed by atoms with Crippen LogP contribution in [-0.2, 0) is 16.1 Å². The lowest BCUT2D eigenvalue weighted by molar-refractivity contribution is 0.0162. The number of piperidine rings is 1. The molecule has 0 aliphatic carbocycles. The maximum atomic E-state index is 12.1. The molecule has 1 fully saturated rings. The molecule has 1 saturated heterocycles. The molecule has 0 atom stereocenters. The molecule has 0 bridgehead atoms. The van der Waals surface area contributed by atoms with Crippen LogP contribution in [0.1, 0.15) is 45.8 Å². The van der Waals surface area contributed by atoms with Crippen molar-refractivity contribution in [2.24, 2.45) is 5.92 Å². The first kappa shape index (κ1) is 21.1. The lowest BCUT2D eigenvalue weighted by Gasteiger charge is -2.33. The van der Waals surface area contributed by atoms with Crippen molar-refractivity contribution in [1.82, 2.24) is 4.90 Å². The highest BCUT2D eigenvalue weighted by Gasteiger charge is 2.26. The molecule has 1 aliphatic rings. The Labute approximate surface area is 171 Å². The summed E-state index contributed by atoms with van der Waals surface area (Å²) in [7, 11) is 0. The molecule has 0 N–H and O–H groups in total. The quantitative estimate of drug-likeness (QED) is 0.455. The number of ether oxygens (including phenoxy) is 2. The van der Waals surface area contributed by atoms with E-state index in [1.807, 2.05) is 31.7 Å². The Hall–Kier alpha value is -1.66. The van der Waals surface area contributed by atoms with Crippen molar-refractivity contribution in [2.75, 3.05) is 26.0 Å². The molecular weight excluding hydrogens is 374 g/mol. The van der Waals surface area contributed by atoms with Crippen LogP contribution in [0.3, 0.4) is 0 Å². The predicted molar refractivity (Wildman–Crippen MR) is 113 cm³/mol. The molecule has 0 spiro atoms. The van der Waals surface area contributed by atoms with E-state index in [4.69, 9.17) is 13.9 Å². The summed E-state index contributed by atoms with van der Waals surface area (Å²) in [6, 6.07) is 8.30. The van der Waals surface area contributed by atoms with Crippen molar-refractivity contribution in [3.63, 3.8) is 0 Å². The third kappa shape index (κ3) is 5.92. The fourth-order valence-electron chi connectivity index (χ4n) is 3.43. The fraction of sp³-hybridized carbons (Fsp3) is 0.591. The van der Waals surface area contributed by atoms with E-state index >= 15 is 0 Å². The van der Waals surface area contributed by atoms with Gasteiger partial charge in [-0.15, -0.1) is 11.8 Å². The number of thioether (sulfide) groups is 1. The van der Waals surface area contributed by atoms with E-state index in [1.54, 1.807) is 11.8 Å². The molecule has 28 heavy (non-hydrogen) atoms. The average Bonchev–Trinajstić information content (AvgIpc) is 3.06. The van der Waals surface area contributed by atoms with Crippen LogP contribution in [0.2, 0.25) is 0 Å². The second kappa shape index (κ2) is 9.23. The lowest BCUT2D eigenvalue weighted by Crippen LogP contribution is -2.41. The van der Waals surface area contributed by atoms with E-state index < -0.39 is 5.60 Å². The van der Waals surface area contributed by atoms with Gasteiger partial charge in [0.25, 0.3) is 0 Å². The summed E-state index contributed by atoms with van der Waals surface area (Å²) in [6.07, 6.45) is 4.90. The largest absolute Gasteiger partial charge is 0.459 e. The van der Waals surface area contributed by atoms with E-state index in [-0.39, 0.29) is 6.09 Å². The minimum absolute atomic E-state index is 0.197. The highest BCUT2D eigenvalue weighted by molar-refractivity contribution is 7.98. The predicted octanol–water partition coefficient (Wildman–Crippen LogP) is 5.71. The van der Waals surface area contributed by atoms with Crippen LogP contribution in [0.15, 0.2) is 33.6 Å². The van der Waals surface area contributed by atoms with Gasteiger partial charge in [0.05, 0.1) is 0 Å². The van der Waals surface area contributed by atoms with E-state index in [2.05, 4.69) is 24.5 Å². The monoisotopic (exact) mass is 405 g/mol. The Morgan fingerprint density at radius 3 is 2.68 bits per heavy atom. The molecule has 0 unspecified atom stereocenters. The Bertz CT molecular complexity index is 787. The highest BCUT2D eigenvalue weighted by atomic mass is 32.2. The van der Waals surface area contributed by atoms with Gasteiger partial charge in [0.1, 0.15) is 23.6 Å². The van der Waals surface area contributed by atoms with Gasteiger partial charge in [-0.25, -0.2) is 4.79 Å². The zero-order valence-electron chi connectivity index (χ0n) is 17.3. The molecule has 1 aromatic carbocycles. The van der Waals surface area contributed by atoms with Crippen LogP contribution in [0.5, 0.6) is 0 Å². The molecule has 6 heteroatoms. The third-order valence-electron chi connectivity index (χ3n) is 4.96. The molecule has 1 aromatic heterocycles. The number of amides is 1. The molecule has 1 aliphatic heterocycles. The topological polar surface area (TPSA) is 51.9 Å². The summed E-state index contributed by atoms with van der Waals surface area (Å²) < 4.78 is 17.1. The smallest absolute Gasteiger partial charge is 0.410 e. The summed E-state index contributed by atoms with van der Waals surface area (Å²) in [5, 5.41) is 1.12. The van der Waals surface area contributed by atoms with Crippen molar-refractivity contribution in [2.45, 2.75) is 57.1 Å². The Balaban J connectivity index is 1.37. The van der Waals surface area contributed by atoms with Crippen molar-refractivity contribution in [3.05, 3.63) is 30.0 Å². The SMILES string of the molecule is CSc1ccc2oc(COCCC3CCN(C(=O)OC(C)(C)C)CC3)cc2c1. The number of hydrogen-bond donors (Lipinski definition) is 0. The molecule has 5 nitrogen and oxygen atoms in total. The molecule has 0 radical (unpaired) electrons. The van der Waals surface area contributed by atoms with E-state index in [0.29, 0.717) is 19.1 Å². The minimum atomic E-state index is -0.435. The summed E-state index contributed by atoms with van der Waals surface area (Å²) in [4.78, 5) is 15.2. The molecule has 2 heterocycles. The number of furan rings is 1. The highest BCUT2D eigenvalue weighted by Crippen LogP contribution is 2.26. The molecule has 0 saturated carbocycles. The van der Waals surface area contributed by atoms with Crippen molar-refractivity contribution in [3.8, 4) is 0 Å². The molecule has 3 rings (SSSR count). The number of carbonyl (C=O) groups is 1. The molecule has 1 amide bonds. The van der Waals surface area contributed by atoms with E-state index in [9.17, 15) is 4.79 Å². The van der Waals surface area contributed by atoms with Crippen LogP contribution >= 0.6 is 11.8 Å². The van der Waals surface area contributed by atoms with Gasteiger partial charge in [-0.2, -0.15) is 0 Å². The summed E-state index contributed by atoms with van der Waals surface area (Å²) in [6.45, 7) is 8.45. The van der Waals surface area contributed by atoms with Gasteiger partial charge in [0, 0.05) is 30.0 Å². The first-order valence-electron chi connectivity index (χ1n) is 9.96. The lowest BCUT2D eigenvalue weighted by atomic mass is 9.94. The van der Waals surface area contributed by atoms with Gasteiger partial charge < -0.3 is 18.8 Å². The second-order valence-corrected chi connectivity index (χ2v) is 9.25. The first-order valence-corrected chi connectivity index (χ1v) is 11.2. The Morgan fingerprint density at radius 2 is 2.00 bits per heavy atom. The minimum Gasteiger partial charge on any atom is -0.459 e. The second-order valence-electron chi connectivity index (χ2n) is 8.37. The first-order chi connectivity index (χ1) is 13.3. The van der Waals surface area contributed by atoms with Gasteiger partial charge in [-0.05, 0) is 76.5 Å². The van der Waals surface area contributed by atoms with Gasteiger partial charge in [0.2, 0.25) is 0 Å². The number of fused-ring (bicyclic) bond motifs is 1. The molecule has 2 aromatic rings. The zero-order chi connectivity index (χ0) is 20.1. The summed E-state index contributed by atoms with van der Waals surface area (Å²) in [5.74, 6) is 1.46. The standard InChI is InChI=1S/C22H31NO4S/c1-22(2,3)27-21(24)23-10-7-16(8-11-23)9-12-25-15-18-13-17-14-19(28-4)5-6-20(17)26-18/h5-6,13-14,16H,7-12,15H2,1-4H3. The molecule has 154 valence electrons. The fourth-order valence-corrected chi connectivity index (χ4v) is 3.88. The third-order valence-corrected chi connectivity index (χ3v) is 5.68. The van der Waals surface area contributed by atoms with Crippen molar-refractivity contribution in [1.29, 1.82) is 0 Å². The number of likely N-dealkylation sites (tertiary alicyclic amines) is 1. The Kier molecular flexibility index (Phi) is 6.94. The molecular formula is C22H31NO4S. The summed E-state index contributed by atoms with van der Waals surface area (Å²) in [5.41, 5.74) is 0.473. The van der Waals surface area contributed by atoms with Crippen LogP contribution < -0.4 is 0 Å². The van der Waals surface area contributed by atoms with Gasteiger partial charge in [-0.3, -0.25) is 0 Å². The average molecular weight is 406 g/mol. The normalized spacial score (nSPS) is 15.9. The van der Waals surface area contributed by atoms with Gasteiger partial charge >= 0.3 is 6.09 Å². The maximum absolute atomic E-state index is 12.1.